The first-order valence-corrected chi connectivity index (χ1v) is 8.50. The molecule has 0 saturated carbocycles. The van der Waals surface area contributed by atoms with Crippen molar-refractivity contribution in [2.24, 2.45) is 5.92 Å². The highest BCUT2D eigenvalue weighted by Crippen LogP contribution is 2.13. The van der Waals surface area contributed by atoms with Crippen LogP contribution in [0.1, 0.15) is 17.5 Å². The van der Waals surface area contributed by atoms with Gasteiger partial charge in [0.1, 0.15) is 0 Å². The fourth-order valence-electron chi connectivity index (χ4n) is 2.12. The quantitative estimate of drug-likeness (QED) is 0.796. The van der Waals surface area contributed by atoms with E-state index in [9.17, 15) is 13.2 Å². The number of nitrogens with one attached hydrogen (secondary N) is 2. The molecule has 1 aromatic rings. The van der Waals surface area contributed by atoms with Crippen molar-refractivity contribution in [3.8, 4) is 0 Å². The Morgan fingerprint density at radius 2 is 1.95 bits per heavy atom. The average molecular weight is 312 g/mol. The molecule has 0 bridgehead atoms. The van der Waals surface area contributed by atoms with Gasteiger partial charge in [-0.1, -0.05) is 24.3 Å². The molecule has 1 aromatic carbocycles. The van der Waals surface area contributed by atoms with Gasteiger partial charge in [-0.15, -0.1) is 0 Å². The summed E-state index contributed by atoms with van der Waals surface area (Å²) >= 11 is 0. The maximum Gasteiger partial charge on any atom is 0.225 e. The molecule has 116 valence electrons. The lowest BCUT2D eigenvalue weighted by molar-refractivity contribution is -0.125. The normalized spacial score (nSPS) is 18.6. The Morgan fingerprint density at radius 3 is 2.52 bits per heavy atom. The van der Waals surface area contributed by atoms with E-state index in [1.165, 1.54) is 7.05 Å². The first-order chi connectivity index (χ1) is 10.00. The van der Waals surface area contributed by atoms with Crippen molar-refractivity contribution in [2.75, 3.05) is 20.3 Å². The zero-order chi connectivity index (χ0) is 15.3. The van der Waals surface area contributed by atoms with Crippen LogP contribution >= 0.6 is 0 Å². The Morgan fingerprint density at radius 1 is 1.29 bits per heavy atom. The maximum absolute atomic E-state index is 11.8. The van der Waals surface area contributed by atoms with Crippen LogP contribution in [0, 0.1) is 5.92 Å². The molecular weight excluding hydrogens is 292 g/mol. The lowest BCUT2D eigenvalue weighted by Crippen LogP contribution is -2.30. The van der Waals surface area contributed by atoms with Gasteiger partial charge in [-0.05, 0) is 24.6 Å². The highest BCUT2D eigenvalue weighted by molar-refractivity contribution is 7.88. The van der Waals surface area contributed by atoms with Crippen molar-refractivity contribution in [1.82, 2.24) is 10.0 Å². The van der Waals surface area contributed by atoms with Crippen LogP contribution in [-0.2, 0) is 31.9 Å². The summed E-state index contributed by atoms with van der Waals surface area (Å²) in [7, 11) is -1.86. The molecule has 1 unspecified atom stereocenters. The molecule has 1 aliphatic rings. The number of hydrogen-bond donors (Lipinski definition) is 2. The van der Waals surface area contributed by atoms with Crippen LogP contribution in [0.3, 0.4) is 0 Å². The van der Waals surface area contributed by atoms with E-state index in [4.69, 9.17) is 4.74 Å². The largest absolute Gasteiger partial charge is 0.381 e. The van der Waals surface area contributed by atoms with Crippen LogP contribution in [0.2, 0.25) is 0 Å². The molecule has 2 N–H and O–H groups in total. The monoisotopic (exact) mass is 312 g/mol. The summed E-state index contributed by atoms with van der Waals surface area (Å²) in [5, 5.41) is 2.87. The summed E-state index contributed by atoms with van der Waals surface area (Å²) in [6.45, 7) is 1.58. The summed E-state index contributed by atoms with van der Waals surface area (Å²) in [5.74, 6) is -0.0883. The minimum absolute atomic E-state index is 0.00865. The second kappa shape index (κ2) is 7.02. The summed E-state index contributed by atoms with van der Waals surface area (Å²) in [6, 6.07) is 7.17. The van der Waals surface area contributed by atoms with E-state index >= 15 is 0 Å². The molecular formula is C14H20N2O4S. The zero-order valence-electron chi connectivity index (χ0n) is 12.0. The van der Waals surface area contributed by atoms with Gasteiger partial charge in [-0.3, -0.25) is 4.79 Å². The third-order valence-corrected chi connectivity index (χ3v) is 4.79. The Labute approximate surface area is 124 Å². The number of hydrogen-bond acceptors (Lipinski definition) is 4. The topological polar surface area (TPSA) is 84.5 Å². The van der Waals surface area contributed by atoms with Gasteiger partial charge in [0.2, 0.25) is 15.9 Å². The van der Waals surface area contributed by atoms with Gasteiger partial charge in [0, 0.05) is 13.2 Å². The Bertz CT molecular complexity index is 577. The van der Waals surface area contributed by atoms with E-state index in [2.05, 4.69) is 10.0 Å². The molecule has 7 heteroatoms. The molecule has 1 atom stereocenters. The van der Waals surface area contributed by atoms with Crippen molar-refractivity contribution in [2.45, 2.75) is 18.7 Å². The minimum atomic E-state index is -3.26. The van der Waals surface area contributed by atoms with E-state index in [0.29, 0.717) is 25.3 Å². The van der Waals surface area contributed by atoms with Crippen molar-refractivity contribution in [3.63, 3.8) is 0 Å². The summed E-state index contributed by atoms with van der Waals surface area (Å²) in [5.41, 5.74) is 1.65. The number of carbonyl (C=O) groups excluding carboxylic acids is 1. The molecule has 0 aromatic heterocycles. The standard InChI is InChI=1S/C14H20N2O4S/c1-15-21(18,19)10-12-4-2-11(3-5-12)8-16-14(17)13-6-7-20-9-13/h2-5,13,15H,6-10H2,1H3,(H,16,17). The molecule has 21 heavy (non-hydrogen) atoms. The lowest BCUT2D eigenvalue weighted by atomic mass is 10.1. The maximum atomic E-state index is 11.8. The number of benzene rings is 1. The van der Waals surface area contributed by atoms with E-state index < -0.39 is 10.0 Å². The SMILES string of the molecule is CNS(=O)(=O)Cc1ccc(CNC(=O)C2CCOC2)cc1. The fourth-order valence-corrected chi connectivity index (χ4v) is 2.90. The van der Waals surface area contributed by atoms with Crippen molar-refractivity contribution in [3.05, 3.63) is 35.4 Å². The minimum Gasteiger partial charge on any atom is -0.381 e. The van der Waals surface area contributed by atoms with Gasteiger partial charge in [0.15, 0.2) is 0 Å². The number of carbonyl (C=O) groups is 1. The van der Waals surface area contributed by atoms with Gasteiger partial charge in [-0.25, -0.2) is 13.1 Å². The first kappa shape index (κ1) is 15.9. The van der Waals surface area contributed by atoms with E-state index in [0.717, 1.165) is 12.0 Å². The van der Waals surface area contributed by atoms with Crippen molar-refractivity contribution >= 4 is 15.9 Å². The molecule has 1 amide bonds. The first-order valence-electron chi connectivity index (χ1n) is 6.84. The lowest BCUT2D eigenvalue weighted by Gasteiger charge is -2.10. The van der Waals surface area contributed by atoms with Crippen LogP contribution in [0.25, 0.3) is 0 Å². The third-order valence-electron chi connectivity index (χ3n) is 3.46. The van der Waals surface area contributed by atoms with Crippen molar-refractivity contribution in [1.29, 1.82) is 0 Å². The van der Waals surface area contributed by atoms with E-state index in [1.807, 2.05) is 12.1 Å². The average Bonchev–Trinajstić information content (AvgIpc) is 3.00. The van der Waals surface area contributed by atoms with Crippen LogP contribution in [0.15, 0.2) is 24.3 Å². The molecule has 1 aliphatic heterocycles. The Balaban J connectivity index is 1.86. The fraction of sp³-hybridized carbons (Fsp3) is 0.500. The molecule has 6 nitrogen and oxygen atoms in total. The van der Waals surface area contributed by atoms with Gasteiger partial charge in [0.25, 0.3) is 0 Å². The summed E-state index contributed by atoms with van der Waals surface area (Å²) < 4.78 is 30.3. The number of sulfonamides is 1. The Kier molecular flexibility index (Phi) is 5.33. The number of amides is 1. The molecule has 0 radical (unpaired) electrons. The van der Waals surface area contributed by atoms with Gasteiger partial charge < -0.3 is 10.1 Å². The molecule has 0 spiro atoms. The van der Waals surface area contributed by atoms with Crippen LogP contribution in [0.5, 0.6) is 0 Å². The molecule has 1 fully saturated rings. The molecule has 0 aliphatic carbocycles. The van der Waals surface area contributed by atoms with Crippen molar-refractivity contribution < 1.29 is 17.9 Å². The Hall–Kier alpha value is -1.44. The second-order valence-electron chi connectivity index (χ2n) is 5.06. The zero-order valence-corrected chi connectivity index (χ0v) is 12.8. The number of rotatable bonds is 6. The van der Waals surface area contributed by atoms with Crippen LogP contribution in [0.4, 0.5) is 0 Å². The second-order valence-corrected chi connectivity index (χ2v) is 6.98. The van der Waals surface area contributed by atoms with Gasteiger partial charge in [0.05, 0.1) is 18.3 Å². The summed E-state index contributed by atoms with van der Waals surface area (Å²) in [6.07, 6.45) is 0.770. The third kappa shape index (κ3) is 4.80. The highest BCUT2D eigenvalue weighted by atomic mass is 32.2. The predicted octanol–water partition coefficient (Wildman–Crippen LogP) is 0.389. The van der Waals surface area contributed by atoms with Crippen LogP contribution < -0.4 is 10.0 Å². The van der Waals surface area contributed by atoms with E-state index in [1.54, 1.807) is 12.1 Å². The highest BCUT2D eigenvalue weighted by Gasteiger charge is 2.22. The van der Waals surface area contributed by atoms with Gasteiger partial charge in [-0.2, -0.15) is 0 Å². The number of ether oxygens (including phenoxy) is 1. The predicted molar refractivity (Wildman–Crippen MR) is 78.9 cm³/mol. The summed E-state index contributed by atoms with van der Waals surface area (Å²) in [4.78, 5) is 11.8. The molecule has 1 saturated heterocycles. The van der Waals surface area contributed by atoms with Crippen LogP contribution in [-0.4, -0.2) is 34.6 Å². The van der Waals surface area contributed by atoms with E-state index in [-0.39, 0.29) is 17.6 Å². The van der Waals surface area contributed by atoms with Gasteiger partial charge >= 0.3 is 0 Å². The smallest absolute Gasteiger partial charge is 0.225 e. The molecule has 2 rings (SSSR count). The molecule has 1 heterocycles.